The topological polar surface area (TPSA) is 56.7 Å². The van der Waals surface area contributed by atoms with Crippen molar-refractivity contribution in [3.05, 3.63) is 40.8 Å². The van der Waals surface area contributed by atoms with Crippen LogP contribution >= 0.6 is 35.3 Å². The Bertz CT molecular complexity index is 611. The van der Waals surface area contributed by atoms with Crippen LogP contribution < -0.4 is 10.2 Å². The maximum absolute atomic E-state index is 4.77. The number of piperazine rings is 1. The molecule has 1 aliphatic heterocycles. The average Bonchev–Trinajstić information content (AvgIpc) is 3.13. The van der Waals surface area contributed by atoms with Crippen molar-refractivity contribution >= 4 is 47.2 Å². The SMILES string of the molecule is CCNC(=NCc1ccsc1)N1CCN(c2ncccn2)CC1.I. The quantitative estimate of drug-likeness (QED) is 0.434. The third-order valence-electron chi connectivity index (χ3n) is 3.74. The van der Waals surface area contributed by atoms with E-state index in [0.717, 1.165) is 51.2 Å². The number of aromatic nitrogens is 2. The van der Waals surface area contributed by atoms with E-state index in [-0.39, 0.29) is 24.0 Å². The van der Waals surface area contributed by atoms with Crippen LogP contribution in [0.2, 0.25) is 0 Å². The molecule has 3 rings (SSSR count). The van der Waals surface area contributed by atoms with Crippen molar-refractivity contribution in [2.45, 2.75) is 13.5 Å². The van der Waals surface area contributed by atoms with Crippen LogP contribution in [0.1, 0.15) is 12.5 Å². The molecule has 1 N–H and O–H groups in total. The van der Waals surface area contributed by atoms with Crippen molar-refractivity contribution < 1.29 is 0 Å². The Balaban J connectivity index is 0.00000208. The average molecular weight is 458 g/mol. The number of thiophene rings is 1. The molecule has 0 spiro atoms. The number of guanidine groups is 1. The lowest BCUT2D eigenvalue weighted by Gasteiger charge is -2.36. The lowest BCUT2D eigenvalue weighted by molar-refractivity contribution is 0.370. The highest BCUT2D eigenvalue weighted by Gasteiger charge is 2.20. The number of halogens is 1. The van der Waals surface area contributed by atoms with E-state index in [0.29, 0.717) is 0 Å². The predicted octanol–water partition coefficient (Wildman–Crippen LogP) is 2.44. The molecule has 8 heteroatoms. The molecule has 1 saturated heterocycles. The van der Waals surface area contributed by atoms with Gasteiger partial charge in [0.15, 0.2) is 5.96 Å². The predicted molar refractivity (Wildman–Crippen MR) is 110 cm³/mol. The summed E-state index contributed by atoms with van der Waals surface area (Å²) in [5, 5.41) is 7.64. The van der Waals surface area contributed by atoms with Gasteiger partial charge in [0.2, 0.25) is 5.95 Å². The Morgan fingerprint density at radius 3 is 2.62 bits per heavy atom. The van der Waals surface area contributed by atoms with Gasteiger partial charge in [0.05, 0.1) is 6.54 Å². The van der Waals surface area contributed by atoms with E-state index >= 15 is 0 Å². The van der Waals surface area contributed by atoms with Gasteiger partial charge in [-0.3, -0.25) is 0 Å². The van der Waals surface area contributed by atoms with Crippen LogP contribution in [0.25, 0.3) is 0 Å². The number of anilines is 1. The second-order valence-corrected chi connectivity index (χ2v) is 6.10. The first-order chi connectivity index (χ1) is 11.4. The second-order valence-electron chi connectivity index (χ2n) is 5.32. The van der Waals surface area contributed by atoms with E-state index < -0.39 is 0 Å². The number of nitrogens with zero attached hydrogens (tertiary/aromatic N) is 5. The molecular formula is C16H23IN6S. The minimum Gasteiger partial charge on any atom is -0.357 e. The Kier molecular flexibility index (Phi) is 7.70. The van der Waals surface area contributed by atoms with Crippen molar-refractivity contribution in [1.82, 2.24) is 20.2 Å². The molecule has 1 aliphatic rings. The highest BCUT2D eigenvalue weighted by Crippen LogP contribution is 2.11. The highest BCUT2D eigenvalue weighted by molar-refractivity contribution is 14.0. The summed E-state index contributed by atoms with van der Waals surface area (Å²) in [6.07, 6.45) is 3.59. The second kappa shape index (κ2) is 9.77. The molecule has 6 nitrogen and oxygen atoms in total. The van der Waals surface area contributed by atoms with Gasteiger partial charge in [-0.25, -0.2) is 15.0 Å². The summed E-state index contributed by atoms with van der Waals surface area (Å²) < 4.78 is 0. The number of hydrogen-bond donors (Lipinski definition) is 1. The summed E-state index contributed by atoms with van der Waals surface area (Å²) in [6.45, 7) is 7.38. The standard InChI is InChI=1S/C16H22N6S.HI/c1-2-17-15(20-12-14-4-11-23-13-14)21-7-9-22(10-8-21)16-18-5-3-6-19-16;/h3-6,11,13H,2,7-10,12H2,1H3,(H,17,20);1H. The Morgan fingerprint density at radius 1 is 1.25 bits per heavy atom. The van der Waals surface area contributed by atoms with Crippen LogP contribution in [0.15, 0.2) is 40.3 Å². The molecule has 0 saturated carbocycles. The van der Waals surface area contributed by atoms with Crippen molar-refractivity contribution in [1.29, 1.82) is 0 Å². The lowest BCUT2D eigenvalue weighted by atomic mass is 10.3. The smallest absolute Gasteiger partial charge is 0.225 e. The fourth-order valence-electron chi connectivity index (χ4n) is 2.55. The zero-order valence-electron chi connectivity index (χ0n) is 13.8. The van der Waals surface area contributed by atoms with E-state index in [1.165, 1.54) is 5.56 Å². The first-order valence-electron chi connectivity index (χ1n) is 7.93. The van der Waals surface area contributed by atoms with E-state index in [1.807, 2.05) is 6.07 Å². The van der Waals surface area contributed by atoms with Crippen molar-refractivity contribution in [3.63, 3.8) is 0 Å². The van der Waals surface area contributed by atoms with Gasteiger partial charge in [-0.2, -0.15) is 11.3 Å². The first kappa shape index (κ1) is 18.9. The fourth-order valence-corrected chi connectivity index (χ4v) is 3.21. The molecule has 130 valence electrons. The number of hydrogen-bond acceptors (Lipinski definition) is 5. The Morgan fingerprint density at radius 2 is 2.00 bits per heavy atom. The minimum absolute atomic E-state index is 0. The summed E-state index contributed by atoms with van der Waals surface area (Å²) in [4.78, 5) is 18.0. The van der Waals surface area contributed by atoms with Gasteiger partial charge in [0.1, 0.15) is 0 Å². The lowest BCUT2D eigenvalue weighted by Crippen LogP contribution is -2.52. The van der Waals surface area contributed by atoms with Crippen LogP contribution in [0.4, 0.5) is 5.95 Å². The van der Waals surface area contributed by atoms with Gasteiger partial charge in [-0.1, -0.05) is 0 Å². The van der Waals surface area contributed by atoms with Gasteiger partial charge in [-0.15, -0.1) is 24.0 Å². The molecule has 0 bridgehead atoms. The van der Waals surface area contributed by atoms with Crippen molar-refractivity contribution in [3.8, 4) is 0 Å². The summed E-state index contributed by atoms with van der Waals surface area (Å²) in [6, 6.07) is 3.97. The fraction of sp³-hybridized carbons (Fsp3) is 0.438. The van der Waals surface area contributed by atoms with E-state index in [1.54, 1.807) is 23.7 Å². The molecule has 0 aromatic carbocycles. The maximum Gasteiger partial charge on any atom is 0.225 e. The van der Waals surface area contributed by atoms with E-state index in [2.05, 4.69) is 48.8 Å². The van der Waals surface area contributed by atoms with Gasteiger partial charge < -0.3 is 15.1 Å². The van der Waals surface area contributed by atoms with Crippen molar-refractivity contribution in [2.24, 2.45) is 4.99 Å². The van der Waals surface area contributed by atoms with Crippen LogP contribution in [-0.2, 0) is 6.54 Å². The molecule has 0 unspecified atom stereocenters. The zero-order chi connectivity index (χ0) is 15.9. The number of nitrogens with one attached hydrogen (secondary N) is 1. The van der Waals surface area contributed by atoms with Gasteiger partial charge >= 0.3 is 0 Å². The van der Waals surface area contributed by atoms with Gasteiger partial charge in [-0.05, 0) is 35.4 Å². The van der Waals surface area contributed by atoms with Crippen molar-refractivity contribution in [2.75, 3.05) is 37.6 Å². The largest absolute Gasteiger partial charge is 0.357 e. The molecule has 24 heavy (non-hydrogen) atoms. The van der Waals surface area contributed by atoms with Crippen LogP contribution in [0.3, 0.4) is 0 Å². The van der Waals surface area contributed by atoms with E-state index in [9.17, 15) is 0 Å². The van der Waals surface area contributed by atoms with E-state index in [4.69, 9.17) is 4.99 Å². The van der Waals surface area contributed by atoms with Gasteiger partial charge in [0.25, 0.3) is 0 Å². The Hall–Kier alpha value is -1.42. The monoisotopic (exact) mass is 458 g/mol. The first-order valence-corrected chi connectivity index (χ1v) is 8.87. The molecule has 0 amide bonds. The molecule has 0 atom stereocenters. The molecule has 2 aromatic rings. The molecule has 0 radical (unpaired) electrons. The summed E-state index contributed by atoms with van der Waals surface area (Å²) in [5.74, 6) is 1.81. The zero-order valence-corrected chi connectivity index (χ0v) is 16.9. The third kappa shape index (κ3) is 5.04. The number of rotatable bonds is 4. The van der Waals surface area contributed by atoms with Crippen LogP contribution in [0, 0.1) is 0 Å². The van der Waals surface area contributed by atoms with Crippen LogP contribution in [0.5, 0.6) is 0 Å². The summed E-state index contributed by atoms with van der Waals surface area (Å²) >= 11 is 1.71. The third-order valence-corrected chi connectivity index (χ3v) is 4.47. The molecule has 0 aliphatic carbocycles. The Labute approximate surface area is 164 Å². The normalized spacial score (nSPS) is 15.1. The minimum atomic E-state index is 0. The van der Waals surface area contributed by atoms with Crippen LogP contribution in [-0.4, -0.2) is 53.6 Å². The molecule has 2 aromatic heterocycles. The highest BCUT2D eigenvalue weighted by atomic mass is 127. The molecule has 1 fully saturated rings. The molecular weight excluding hydrogens is 435 g/mol. The number of aliphatic imine (C=N–C) groups is 1. The summed E-state index contributed by atoms with van der Waals surface area (Å²) in [7, 11) is 0. The van der Waals surface area contributed by atoms with Gasteiger partial charge in [0, 0.05) is 45.1 Å². The maximum atomic E-state index is 4.77. The summed E-state index contributed by atoms with van der Waals surface area (Å²) in [5.41, 5.74) is 1.27. The molecule has 3 heterocycles.